The number of hydrogen-bond acceptors (Lipinski definition) is 6. The molecule has 2 heterocycles. The SMILES string of the molecule is CC(F)(F)c1cccc(F)c1Nc1cnc(CNC(=O)C2(CC(=O)c3cncs3)CC2)c(F)c1. The van der Waals surface area contributed by atoms with Gasteiger partial charge in [-0.1, -0.05) is 12.1 Å². The Morgan fingerprint density at radius 3 is 2.56 bits per heavy atom. The zero-order valence-corrected chi connectivity index (χ0v) is 18.8. The van der Waals surface area contributed by atoms with E-state index in [0.29, 0.717) is 24.6 Å². The normalized spacial score (nSPS) is 14.5. The Hall–Kier alpha value is -3.34. The molecule has 0 radical (unpaired) electrons. The van der Waals surface area contributed by atoms with Gasteiger partial charge in [-0.25, -0.2) is 17.6 Å². The largest absolute Gasteiger partial charge is 0.351 e. The van der Waals surface area contributed by atoms with E-state index in [9.17, 15) is 27.2 Å². The zero-order chi connectivity index (χ0) is 24.5. The number of carbonyl (C=O) groups excluding carboxylic acids is 2. The first kappa shape index (κ1) is 23.8. The van der Waals surface area contributed by atoms with Crippen molar-refractivity contribution in [3.8, 4) is 0 Å². The lowest BCUT2D eigenvalue weighted by molar-refractivity contribution is -0.126. The molecule has 0 spiro atoms. The maximum atomic E-state index is 14.6. The molecule has 0 aliphatic heterocycles. The van der Waals surface area contributed by atoms with E-state index in [1.54, 1.807) is 5.51 Å². The van der Waals surface area contributed by atoms with E-state index in [1.165, 1.54) is 17.5 Å². The lowest BCUT2D eigenvalue weighted by Crippen LogP contribution is -2.33. The van der Waals surface area contributed by atoms with Crippen LogP contribution in [0.1, 0.15) is 47.1 Å². The Morgan fingerprint density at radius 1 is 1.18 bits per heavy atom. The predicted molar refractivity (Wildman–Crippen MR) is 118 cm³/mol. The summed E-state index contributed by atoms with van der Waals surface area (Å²) in [5, 5.41) is 5.08. The van der Waals surface area contributed by atoms with E-state index in [-0.39, 0.29) is 36.0 Å². The summed E-state index contributed by atoms with van der Waals surface area (Å²) < 4.78 is 56.4. The van der Waals surface area contributed by atoms with Gasteiger partial charge in [0.2, 0.25) is 5.91 Å². The van der Waals surface area contributed by atoms with Crippen LogP contribution in [0.4, 0.5) is 28.9 Å². The first-order chi connectivity index (χ1) is 16.1. The molecule has 11 heteroatoms. The van der Waals surface area contributed by atoms with E-state index in [0.717, 1.165) is 30.5 Å². The highest BCUT2D eigenvalue weighted by molar-refractivity contribution is 7.11. The smallest absolute Gasteiger partial charge is 0.272 e. The zero-order valence-electron chi connectivity index (χ0n) is 18.0. The average Bonchev–Trinajstić information content (AvgIpc) is 3.34. The van der Waals surface area contributed by atoms with Gasteiger partial charge in [-0.3, -0.25) is 19.6 Å². The van der Waals surface area contributed by atoms with Crippen LogP contribution in [0.2, 0.25) is 0 Å². The highest BCUT2D eigenvalue weighted by Gasteiger charge is 2.51. The van der Waals surface area contributed by atoms with Crippen molar-refractivity contribution in [1.29, 1.82) is 0 Å². The van der Waals surface area contributed by atoms with Crippen molar-refractivity contribution >= 4 is 34.4 Å². The molecule has 1 saturated carbocycles. The molecule has 2 aromatic heterocycles. The number of ketones is 1. The van der Waals surface area contributed by atoms with Gasteiger partial charge in [0.25, 0.3) is 5.92 Å². The summed E-state index contributed by atoms with van der Waals surface area (Å²) in [5.41, 5.74) is -0.438. The third-order valence-corrected chi connectivity index (χ3v) is 6.45. The molecule has 34 heavy (non-hydrogen) atoms. The molecule has 0 atom stereocenters. The van der Waals surface area contributed by atoms with Crippen LogP contribution in [0.15, 0.2) is 42.2 Å². The van der Waals surface area contributed by atoms with Gasteiger partial charge >= 0.3 is 0 Å². The van der Waals surface area contributed by atoms with Crippen LogP contribution < -0.4 is 10.6 Å². The van der Waals surface area contributed by atoms with Crippen LogP contribution in [0.25, 0.3) is 0 Å². The Bertz CT molecular complexity index is 1220. The minimum atomic E-state index is -3.32. The van der Waals surface area contributed by atoms with E-state index in [1.807, 2.05) is 0 Å². The minimum absolute atomic E-state index is 0.0306. The number of pyridine rings is 1. The summed E-state index contributed by atoms with van der Waals surface area (Å²) >= 11 is 1.21. The predicted octanol–water partition coefficient (Wildman–Crippen LogP) is 5.34. The number of amides is 1. The molecule has 1 fully saturated rings. The van der Waals surface area contributed by atoms with Gasteiger partial charge in [-0.2, -0.15) is 0 Å². The van der Waals surface area contributed by atoms with Gasteiger partial charge in [0.05, 0.1) is 45.6 Å². The van der Waals surface area contributed by atoms with Crippen molar-refractivity contribution in [2.45, 2.75) is 38.7 Å². The summed E-state index contributed by atoms with van der Waals surface area (Å²) in [6.07, 6.45) is 3.77. The second kappa shape index (κ2) is 9.13. The Morgan fingerprint density at radius 2 is 1.94 bits per heavy atom. The van der Waals surface area contributed by atoms with Crippen LogP contribution >= 0.6 is 11.3 Å². The molecule has 1 amide bonds. The second-order valence-electron chi connectivity index (χ2n) is 8.26. The number of rotatable bonds is 9. The molecule has 1 aliphatic carbocycles. The van der Waals surface area contributed by atoms with Crippen LogP contribution in [-0.4, -0.2) is 21.7 Å². The van der Waals surface area contributed by atoms with Gasteiger partial charge < -0.3 is 10.6 Å². The Labute approximate surface area is 196 Å². The van der Waals surface area contributed by atoms with E-state index in [4.69, 9.17) is 0 Å². The fourth-order valence-corrected chi connectivity index (χ4v) is 4.12. The molecule has 2 N–H and O–H groups in total. The molecular formula is C23H20F4N4O2S. The number of anilines is 2. The van der Waals surface area contributed by atoms with Crippen LogP contribution in [0.3, 0.4) is 0 Å². The molecule has 0 bridgehead atoms. The second-order valence-corrected chi connectivity index (χ2v) is 9.14. The number of nitrogens with zero attached hydrogens (tertiary/aromatic N) is 2. The molecule has 178 valence electrons. The molecule has 6 nitrogen and oxygen atoms in total. The fourth-order valence-electron chi connectivity index (χ4n) is 3.56. The maximum Gasteiger partial charge on any atom is 0.272 e. The third-order valence-electron chi connectivity index (χ3n) is 5.63. The van der Waals surface area contributed by atoms with Crippen LogP contribution in [0.5, 0.6) is 0 Å². The number of Topliss-reactive ketones (excluding diaryl/α,β-unsaturated/α-hetero) is 1. The monoisotopic (exact) mass is 492 g/mol. The highest BCUT2D eigenvalue weighted by Crippen LogP contribution is 2.50. The van der Waals surface area contributed by atoms with Crippen molar-refractivity contribution in [1.82, 2.24) is 15.3 Å². The van der Waals surface area contributed by atoms with Gasteiger partial charge in [0.15, 0.2) is 5.78 Å². The van der Waals surface area contributed by atoms with Gasteiger partial charge in [0, 0.05) is 31.2 Å². The van der Waals surface area contributed by atoms with Gasteiger partial charge in [0.1, 0.15) is 11.6 Å². The van der Waals surface area contributed by atoms with Gasteiger partial charge in [-0.05, 0) is 18.9 Å². The molecule has 3 aromatic rings. The first-order valence-electron chi connectivity index (χ1n) is 10.4. The van der Waals surface area contributed by atoms with Crippen LogP contribution in [0, 0.1) is 17.0 Å². The average molecular weight is 492 g/mol. The van der Waals surface area contributed by atoms with Crippen molar-refractivity contribution in [3.63, 3.8) is 0 Å². The number of alkyl halides is 2. The van der Waals surface area contributed by atoms with E-state index < -0.39 is 34.2 Å². The number of thiazole rings is 1. The van der Waals surface area contributed by atoms with Crippen molar-refractivity contribution in [2.75, 3.05) is 5.32 Å². The van der Waals surface area contributed by atoms with Gasteiger partial charge in [-0.15, -0.1) is 11.3 Å². The quantitative estimate of drug-likeness (QED) is 0.311. The number of nitrogens with one attached hydrogen (secondary N) is 2. The molecule has 0 unspecified atom stereocenters. The van der Waals surface area contributed by atoms with Crippen molar-refractivity contribution < 1.29 is 27.2 Å². The summed E-state index contributed by atoms with van der Waals surface area (Å²) in [7, 11) is 0. The lowest BCUT2D eigenvalue weighted by atomic mass is 9.98. The summed E-state index contributed by atoms with van der Waals surface area (Å²) in [6.45, 7) is 0.411. The molecule has 1 aliphatic rings. The maximum absolute atomic E-state index is 14.6. The van der Waals surface area contributed by atoms with Crippen molar-refractivity contribution in [3.05, 3.63) is 69.9 Å². The minimum Gasteiger partial charge on any atom is -0.351 e. The van der Waals surface area contributed by atoms with E-state index >= 15 is 0 Å². The third kappa shape index (κ3) is 5.09. The Balaban J connectivity index is 1.41. The summed E-state index contributed by atoms with van der Waals surface area (Å²) in [6, 6.07) is 4.24. The number of hydrogen-bond donors (Lipinski definition) is 2. The molecule has 4 rings (SSSR count). The summed E-state index contributed by atoms with van der Waals surface area (Å²) in [5.74, 6) is -5.58. The highest BCUT2D eigenvalue weighted by atomic mass is 32.1. The van der Waals surface area contributed by atoms with Crippen molar-refractivity contribution in [2.24, 2.45) is 5.41 Å². The van der Waals surface area contributed by atoms with E-state index in [2.05, 4.69) is 20.6 Å². The standard InChI is InChI=1S/C23H20F4N4O2S/c1-22(26,27)14-3-2-4-15(24)20(14)31-13-7-16(25)17(29-9-13)10-30-21(33)23(5-6-23)8-18(32)19-11-28-12-34-19/h2-4,7,9,11-12,31H,5-6,8,10H2,1H3,(H,30,33). The molecular weight excluding hydrogens is 472 g/mol. The topological polar surface area (TPSA) is 84.0 Å². The summed E-state index contributed by atoms with van der Waals surface area (Å²) in [4.78, 5) is 33.3. The van der Waals surface area contributed by atoms with Crippen LogP contribution in [-0.2, 0) is 17.3 Å². The first-order valence-corrected chi connectivity index (χ1v) is 11.3. The molecule has 1 aromatic carbocycles. The fraction of sp³-hybridized carbons (Fsp3) is 0.304. The molecule has 0 saturated heterocycles. The number of carbonyl (C=O) groups is 2. The lowest BCUT2D eigenvalue weighted by Gasteiger charge is -2.18. The number of aromatic nitrogens is 2. The number of halogens is 4. The number of para-hydroxylation sites is 1. The number of benzene rings is 1. The Kier molecular flexibility index (Phi) is 6.39.